The summed E-state index contributed by atoms with van der Waals surface area (Å²) in [5.74, 6) is -1.92. The molecule has 1 N–H and O–H groups in total. The highest BCUT2D eigenvalue weighted by Crippen LogP contribution is 2.26. The maximum absolute atomic E-state index is 13.1. The van der Waals surface area contributed by atoms with Gasteiger partial charge in [0.2, 0.25) is 0 Å². The van der Waals surface area contributed by atoms with Crippen LogP contribution in [0.2, 0.25) is 0 Å². The number of rotatable bonds is 3. The molecule has 24 heavy (non-hydrogen) atoms. The minimum atomic E-state index is -1.16. The average molecular weight is 333 g/mol. The van der Waals surface area contributed by atoms with E-state index in [4.69, 9.17) is 14.3 Å². The van der Waals surface area contributed by atoms with Gasteiger partial charge in [-0.25, -0.2) is 9.18 Å². The lowest BCUT2D eigenvalue weighted by atomic mass is 10.1. The number of carboxylic acid groups (broad SMARTS) is 1. The number of ether oxygens (including phenoxy) is 1. The number of benzene rings is 1. The van der Waals surface area contributed by atoms with Gasteiger partial charge in [-0.1, -0.05) is 12.1 Å². The molecule has 0 aliphatic carbocycles. The van der Waals surface area contributed by atoms with Crippen molar-refractivity contribution in [3.05, 3.63) is 59.3 Å². The number of carbonyl (C=O) groups is 2. The van der Waals surface area contributed by atoms with E-state index in [1.807, 2.05) is 6.92 Å². The van der Waals surface area contributed by atoms with Crippen molar-refractivity contribution >= 4 is 11.9 Å². The van der Waals surface area contributed by atoms with Crippen LogP contribution in [0.25, 0.3) is 0 Å². The molecule has 0 radical (unpaired) electrons. The van der Waals surface area contributed by atoms with Gasteiger partial charge in [0.25, 0.3) is 5.91 Å². The third-order valence-corrected chi connectivity index (χ3v) is 3.85. The maximum Gasteiger partial charge on any atom is 0.338 e. The number of aromatic carboxylic acids is 1. The predicted molar refractivity (Wildman–Crippen MR) is 81.3 cm³/mol. The Kier molecular flexibility index (Phi) is 4.35. The van der Waals surface area contributed by atoms with Gasteiger partial charge in [-0.3, -0.25) is 4.79 Å². The largest absolute Gasteiger partial charge is 0.478 e. The van der Waals surface area contributed by atoms with Crippen molar-refractivity contribution in [2.24, 2.45) is 0 Å². The summed E-state index contributed by atoms with van der Waals surface area (Å²) in [6.45, 7) is 2.47. The summed E-state index contributed by atoms with van der Waals surface area (Å²) >= 11 is 0. The highest BCUT2D eigenvalue weighted by Gasteiger charge is 2.31. The van der Waals surface area contributed by atoms with E-state index >= 15 is 0 Å². The van der Waals surface area contributed by atoms with Crippen LogP contribution in [0.15, 0.2) is 41.0 Å². The smallest absolute Gasteiger partial charge is 0.338 e. The van der Waals surface area contributed by atoms with Crippen molar-refractivity contribution in [3.8, 4) is 0 Å². The second-order valence-corrected chi connectivity index (χ2v) is 5.70. The van der Waals surface area contributed by atoms with Gasteiger partial charge in [0.05, 0.1) is 18.2 Å². The van der Waals surface area contributed by atoms with Crippen LogP contribution in [0.3, 0.4) is 0 Å². The van der Waals surface area contributed by atoms with E-state index in [-0.39, 0.29) is 35.9 Å². The van der Waals surface area contributed by atoms with Crippen LogP contribution >= 0.6 is 0 Å². The molecule has 6 nitrogen and oxygen atoms in total. The van der Waals surface area contributed by atoms with E-state index in [2.05, 4.69) is 0 Å². The Morgan fingerprint density at radius 1 is 1.25 bits per heavy atom. The average Bonchev–Trinajstić information content (AvgIpc) is 3.04. The van der Waals surface area contributed by atoms with Crippen LogP contribution in [0, 0.1) is 5.82 Å². The molecule has 1 aliphatic rings. The first-order valence-corrected chi connectivity index (χ1v) is 7.46. The van der Waals surface area contributed by atoms with Gasteiger partial charge in [-0.05, 0) is 24.6 Å². The van der Waals surface area contributed by atoms with E-state index in [0.717, 1.165) is 11.8 Å². The molecule has 0 bridgehead atoms. The standard InChI is InChI=1S/C17H16FNO5/c1-10-7-19(16(20)14-6-12(9-23-14)17(21)22)8-15(24-10)11-2-4-13(18)5-3-11/h2-6,9-10,15H,7-8H2,1H3,(H,21,22). The van der Waals surface area contributed by atoms with Crippen molar-refractivity contribution in [2.75, 3.05) is 13.1 Å². The van der Waals surface area contributed by atoms with Crippen LogP contribution in [-0.4, -0.2) is 41.1 Å². The Bertz CT molecular complexity index is 755. The van der Waals surface area contributed by atoms with Crippen molar-refractivity contribution in [1.29, 1.82) is 0 Å². The number of halogens is 1. The van der Waals surface area contributed by atoms with E-state index < -0.39 is 11.9 Å². The number of amides is 1. The van der Waals surface area contributed by atoms with Crippen LogP contribution in [0.5, 0.6) is 0 Å². The van der Waals surface area contributed by atoms with Crippen LogP contribution in [-0.2, 0) is 4.74 Å². The molecule has 2 aromatic rings. The molecule has 1 aromatic heterocycles. The monoisotopic (exact) mass is 333 g/mol. The third kappa shape index (κ3) is 3.30. The molecule has 0 saturated carbocycles. The molecule has 2 unspecified atom stereocenters. The molecule has 3 rings (SSSR count). The molecule has 0 spiro atoms. The minimum absolute atomic E-state index is 0.0284. The fourth-order valence-corrected chi connectivity index (χ4v) is 2.70. The molecule has 2 heterocycles. The zero-order chi connectivity index (χ0) is 17.3. The van der Waals surface area contributed by atoms with E-state index in [1.165, 1.54) is 18.2 Å². The number of furan rings is 1. The van der Waals surface area contributed by atoms with Gasteiger partial charge in [0, 0.05) is 12.6 Å². The molecule has 2 atom stereocenters. The molecule has 1 aromatic carbocycles. The summed E-state index contributed by atoms with van der Waals surface area (Å²) in [5, 5.41) is 8.91. The fraction of sp³-hybridized carbons (Fsp3) is 0.294. The Morgan fingerprint density at radius 3 is 2.58 bits per heavy atom. The molecule has 1 fully saturated rings. The second kappa shape index (κ2) is 6.45. The lowest BCUT2D eigenvalue weighted by Crippen LogP contribution is -2.45. The predicted octanol–water partition coefficient (Wildman–Crippen LogP) is 2.72. The second-order valence-electron chi connectivity index (χ2n) is 5.70. The zero-order valence-electron chi connectivity index (χ0n) is 12.9. The summed E-state index contributed by atoms with van der Waals surface area (Å²) < 4.78 is 24.0. The lowest BCUT2D eigenvalue weighted by molar-refractivity contribution is -0.0697. The highest BCUT2D eigenvalue weighted by molar-refractivity contribution is 5.95. The summed E-state index contributed by atoms with van der Waals surface area (Å²) in [6, 6.07) is 7.13. The number of nitrogens with zero attached hydrogens (tertiary/aromatic N) is 1. The number of carboxylic acids is 1. The molecule has 1 amide bonds. The van der Waals surface area contributed by atoms with Crippen LogP contribution in [0.4, 0.5) is 4.39 Å². The molecule has 1 aliphatic heterocycles. The van der Waals surface area contributed by atoms with Gasteiger partial charge in [0.1, 0.15) is 18.2 Å². The first-order chi connectivity index (χ1) is 11.4. The first-order valence-electron chi connectivity index (χ1n) is 7.46. The molecule has 1 saturated heterocycles. The SMILES string of the molecule is CC1CN(C(=O)c2cc(C(=O)O)co2)CC(c2ccc(F)cc2)O1. The summed E-state index contributed by atoms with van der Waals surface area (Å²) in [7, 11) is 0. The Hall–Kier alpha value is -2.67. The van der Waals surface area contributed by atoms with Crippen LogP contribution in [0.1, 0.15) is 39.5 Å². The van der Waals surface area contributed by atoms with Gasteiger partial charge in [0.15, 0.2) is 5.76 Å². The molecular formula is C17H16FNO5. The third-order valence-electron chi connectivity index (χ3n) is 3.85. The Balaban J connectivity index is 1.78. The van der Waals surface area contributed by atoms with Gasteiger partial charge in [-0.15, -0.1) is 0 Å². The first kappa shape index (κ1) is 16.2. The quantitative estimate of drug-likeness (QED) is 0.934. The van der Waals surface area contributed by atoms with Gasteiger partial charge < -0.3 is 19.2 Å². The topological polar surface area (TPSA) is 80.0 Å². The maximum atomic E-state index is 13.1. The lowest BCUT2D eigenvalue weighted by Gasteiger charge is -2.36. The number of hydrogen-bond donors (Lipinski definition) is 1. The summed E-state index contributed by atoms with van der Waals surface area (Å²) in [5.41, 5.74) is 0.696. The number of carbonyl (C=O) groups excluding carboxylic acids is 1. The molecular weight excluding hydrogens is 317 g/mol. The van der Waals surface area contributed by atoms with Gasteiger partial charge >= 0.3 is 5.97 Å². The van der Waals surface area contributed by atoms with Crippen molar-refractivity contribution in [3.63, 3.8) is 0 Å². The molecule has 126 valence electrons. The van der Waals surface area contributed by atoms with E-state index in [1.54, 1.807) is 17.0 Å². The van der Waals surface area contributed by atoms with Crippen molar-refractivity contribution in [2.45, 2.75) is 19.1 Å². The summed E-state index contributed by atoms with van der Waals surface area (Å²) in [4.78, 5) is 25.0. The van der Waals surface area contributed by atoms with E-state index in [9.17, 15) is 14.0 Å². The highest BCUT2D eigenvalue weighted by atomic mass is 19.1. The van der Waals surface area contributed by atoms with Gasteiger partial charge in [-0.2, -0.15) is 0 Å². The Labute approximate surface area is 137 Å². The summed E-state index contributed by atoms with van der Waals surface area (Å²) in [6.07, 6.45) is 0.440. The number of hydrogen-bond acceptors (Lipinski definition) is 4. The Morgan fingerprint density at radius 2 is 1.96 bits per heavy atom. The normalized spacial score (nSPS) is 20.8. The zero-order valence-corrected chi connectivity index (χ0v) is 12.9. The minimum Gasteiger partial charge on any atom is -0.478 e. The van der Waals surface area contributed by atoms with E-state index in [0.29, 0.717) is 6.54 Å². The van der Waals surface area contributed by atoms with Crippen LogP contribution < -0.4 is 0 Å². The van der Waals surface area contributed by atoms with Crippen molar-refractivity contribution in [1.82, 2.24) is 4.90 Å². The molecule has 7 heteroatoms. The fourth-order valence-electron chi connectivity index (χ4n) is 2.70. The number of morpholine rings is 1. The van der Waals surface area contributed by atoms with Crippen molar-refractivity contribution < 1.29 is 28.2 Å².